The number of aryl methyl sites for hydroxylation is 2. The monoisotopic (exact) mass is 475 g/mol. The van der Waals surface area contributed by atoms with Gasteiger partial charge in [-0.1, -0.05) is 6.07 Å². The maximum atomic E-state index is 12.4. The van der Waals surface area contributed by atoms with Crippen molar-refractivity contribution in [3.8, 4) is 0 Å². The number of carbonyl (C=O) groups excluding carboxylic acids is 1. The van der Waals surface area contributed by atoms with Gasteiger partial charge >= 0.3 is 11.8 Å². The van der Waals surface area contributed by atoms with Gasteiger partial charge in [0, 0.05) is 43.3 Å². The van der Waals surface area contributed by atoms with Crippen LogP contribution in [0.2, 0.25) is 0 Å². The van der Waals surface area contributed by atoms with E-state index >= 15 is 0 Å². The zero-order valence-corrected chi connectivity index (χ0v) is 20.4. The number of anilines is 2. The Hall–Kier alpha value is -3.95. The molecule has 1 aliphatic heterocycles. The van der Waals surface area contributed by atoms with Gasteiger partial charge in [0.2, 0.25) is 5.95 Å². The molecule has 182 valence electrons. The molecule has 35 heavy (non-hydrogen) atoms. The molecule has 1 amide bonds. The van der Waals surface area contributed by atoms with Gasteiger partial charge in [-0.25, -0.2) is 14.6 Å². The number of ether oxygens (including phenoxy) is 1. The van der Waals surface area contributed by atoms with Gasteiger partial charge in [-0.2, -0.15) is 4.98 Å². The van der Waals surface area contributed by atoms with E-state index in [4.69, 9.17) is 9.72 Å². The number of carbonyl (C=O) groups is 1. The molecule has 0 atom stereocenters. The number of rotatable bonds is 5. The fourth-order valence-electron chi connectivity index (χ4n) is 4.41. The molecule has 3 aromatic heterocycles. The van der Waals surface area contributed by atoms with Crippen LogP contribution < -0.4 is 11.0 Å². The second-order valence-corrected chi connectivity index (χ2v) is 9.70. The van der Waals surface area contributed by atoms with E-state index in [1.165, 1.54) is 4.57 Å². The fourth-order valence-corrected chi connectivity index (χ4v) is 4.41. The second-order valence-electron chi connectivity index (χ2n) is 9.70. The van der Waals surface area contributed by atoms with Gasteiger partial charge in [0.15, 0.2) is 5.65 Å². The van der Waals surface area contributed by atoms with E-state index in [1.54, 1.807) is 18.1 Å². The number of nitrogens with one attached hydrogen (secondary N) is 2. The van der Waals surface area contributed by atoms with Crippen molar-refractivity contribution in [3.05, 3.63) is 52.2 Å². The third-order valence-corrected chi connectivity index (χ3v) is 6.33. The summed E-state index contributed by atoms with van der Waals surface area (Å²) < 4.78 is 7.26. The normalized spacial score (nSPS) is 14.1. The lowest BCUT2D eigenvalue weighted by Gasteiger charge is -2.27. The number of amides is 1. The van der Waals surface area contributed by atoms with Crippen molar-refractivity contribution in [2.24, 2.45) is 7.05 Å². The van der Waals surface area contributed by atoms with Crippen LogP contribution in [-0.2, 0) is 18.2 Å². The first-order valence-corrected chi connectivity index (χ1v) is 11.8. The number of H-pyrrole nitrogens is 1. The second kappa shape index (κ2) is 8.68. The van der Waals surface area contributed by atoms with Crippen molar-refractivity contribution in [2.45, 2.75) is 45.6 Å². The average molecular weight is 476 g/mol. The minimum atomic E-state index is -0.661. The Bertz CT molecular complexity index is 1480. The van der Waals surface area contributed by atoms with Gasteiger partial charge < -0.3 is 15.0 Å². The van der Waals surface area contributed by atoms with Gasteiger partial charge in [0.25, 0.3) is 0 Å². The molecule has 0 radical (unpaired) electrons. The van der Waals surface area contributed by atoms with Crippen molar-refractivity contribution in [1.82, 2.24) is 29.4 Å². The predicted molar refractivity (Wildman–Crippen MR) is 134 cm³/mol. The lowest BCUT2D eigenvalue weighted by Crippen LogP contribution is -2.38. The van der Waals surface area contributed by atoms with Crippen LogP contribution in [0, 0.1) is 6.92 Å². The molecule has 0 spiro atoms. The summed E-state index contributed by atoms with van der Waals surface area (Å²) in [6.45, 7) is 7.35. The summed E-state index contributed by atoms with van der Waals surface area (Å²) >= 11 is 0. The summed E-state index contributed by atoms with van der Waals surface area (Å²) in [7, 11) is 1.67. The Labute approximate surface area is 202 Å². The lowest BCUT2D eigenvalue weighted by atomic mass is 10.0. The number of fused-ring (bicyclic) bond motifs is 2. The molecule has 4 heterocycles. The number of imidazole rings is 1. The molecule has 2 N–H and O–H groups in total. The molecule has 1 aliphatic rings. The van der Waals surface area contributed by atoms with E-state index in [1.807, 2.05) is 45.0 Å². The minimum absolute atomic E-state index is 0.232. The Balaban J connectivity index is 1.34. The zero-order chi connectivity index (χ0) is 24.7. The first-order valence-electron chi connectivity index (χ1n) is 11.8. The summed E-state index contributed by atoms with van der Waals surface area (Å²) in [6.07, 6.45) is 3.95. The largest absolute Gasteiger partial charge is 0.443 e. The number of aromatic amines is 1. The minimum Gasteiger partial charge on any atom is -0.443 e. The molecule has 0 unspecified atom stereocenters. The smallest absolute Gasteiger partial charge is 0.410 e. The van der Waals surface area contributed by atoms with Gasteiger partial charge in [0.1, 0.15) is 11.1 Å². The number of benzene rings is 1. The van der Waals surface area contributed by atoms with E-state index in [9.17, 15) is 9.59 Å². The van der Waals surface area contributed by atoms with E-state index in [0.29, 0.717) is 23.5 Å². The third kappa shape index (κ3) is 4.68. The quantitative estimate of drug-likeness (QED) is 0.451. The van der Waals surface area contributed by atoms with Crippen molar-refractivity contribution >= 4 is 39.8 Å². The van der Waals surface area contributed by atoms with Crippen molar-refractivity contribution < 1.29 is 9.53 Å². The van der Waals surface area contributed by atoms with Crippen LogP contribution in [0.5, 0.6) is 0 Å². The van der Waals surface area contributed by atoms with Gasteiger partial charge in [-0.15, -0.1) is 0 Å². The van der Waals surface area contributed by atoms with Crippen LogP contribution in [0.1, 0.15) is 37.9 Å². The number of pyridine rings is 1. The number of hydrogen-bond donors (Lipinski definition) is 2. The highest BCUT2D eigenvalue weighted by molar-refractivity contribution is 5.85. The van der Waals surface area contributed by atoms with Crippen LogP contribution in [0.4, 0.5) is 16.4 Å². The van der Waals surface area contributed by atoms with Gasteiger partial charge in [-0.3, -0.25) is 14.5 Å². The van der Waals surface area contributed by atoms with E-state index < -0.39 is 5.60 Å². The van der Waals surface area contributed by atoms with Crippen molar-refractivity contribution in [2.75, 3.05) is 18.4 Å². The fraction of sp³-hybridized carbons (Fsp3) is 0.400. The van der Waals surface area contributed by atoms with Crippen LogP contribution in [0.15, 0.2) is 35.3 Å². The number of likely N-dealkylation sites (tertiary alicyclic amines) is 1. The Morgan fingerprint density at radius 1 is 1.20 bits per heavy atom. The summed E-state index contributed by atoms with van der Waals surface area (Å²) in [6, 6.07) is 7.98. The zero-order valence-electron chi connectivity index (χ0n) is 20.4. The van der Waals surface area contributed by atoms with Crippen molar-refractivity contribution in [1.29, 1.82) is 0 Å². The van der Waals surface area contributed by atoms with E-state index in [0.717, 1.165) is 53.8 Å². The standard InChI is InChI=1S/C25H29N7O3/c1-15-11-19-16(12-18(15)28-22-26-14-20-21(29-22)30-23(33)31(20)4)7-8-17(27-19)13-25(2,3)35-24(34)32-9-5-6-10-32/h7-8,11-12,14H,5-6,9-10,13H2,1-4H3,(H2,26,28,29,30,33). The molecule has 10 heteroatoms. The van der Waals surface area contributed by atoms with Crippen molar-refractivity contribution in [3.63, 3.8) is 0 Å². The summed E-state index contributed by atoms with van der Waals surface area (Å²) in [5.74, 6) is 0.396. The SMILES string of the molecule is Cc1cc2nc(CC(C)(C)OC(=O)N3CCCC3)ccc2cc1Nc1ncc2c(n1)[nH]c(=O)n2C. The van der Waals surface area contributed by atoms with Gasteiger partial charge in [-0.05, 0) is 57.4 Å². The third-order valence-electron chi connectivity index (χ3n) is 6.33. The topological polar surface area (TPSA) is 118 Å². The van der Waals surface area contributed by atoms with Gasteiger partial charge in [0.05, 0.1) is 11.7 Å². The molecule has 0 bridgehead atoms. The molecular weight excluding hydrogens is 446 g/mol. The number of nitrogens with zero attached hydrogens (tertiary/aromatic N) is 5. The number of aromatic nitrogens is 5. The predicted octanol–water partition coefficient (Wildman–Crippen LogP) is 3.81. The highest BCUT2D eigenvalue weighted by Gasteiger charge is 2.28. The maximum absolute atomic E-state index is 12.4. The lowest BCUT2D eigenvalue weighted by molar-refractivity contribution is 0.0174. The van der Waals surface area contributed by atoms with Crippen LogP contribution in [0.25, 0.3) is 22.1 Å². The Kier molecular flexibility index (Phi) is 5.66. The van der Waals surface area contributed by atoms with E-state index in [-0.39, 0.29) is 11.8 Å². The first-order chi connectivity index (χ1) is 16.7. The summed E-state index contributed by atoms with van der Waals surface area (Å²) in [5, 5.41) is 4.20. The molecule has 0 aliphatic carbocycles. The highest BCUT2D eigenvalue weighted by atomic mass is 16.6. The van der Waals surface area contributed by atoms with Crippen LogP contribution in [-0.4, -0.2) is 54.2 Å². The molecular formula is C25H29N7O3. The van der Waals surface area contributed by atoms with E-state index in [2.05, 4.69) is 20.3 Å². The Morgan fingerprint density at radius 2 is 1.97 bits per heavy atom. The molecule has 1 saturated heterocycles. The van der Waals surface area contributed by atoms with Crippen LogP contribution in [0.3, 0.4) is 0 Å². The molecule has 4 aromatic rings. The summed E-state index contributed by atoms with van der Waals surface area (Å²) in [5.41, 5.74) is 3.77. The Morgan fingerprint density at radius 3 is 2.74 bits per heavy atom. The molecule has 10 nitrogen and oxygen atoms in total. The van der Waals surface area contributed by atoms with Crippen LogP contribution >= 0.6 is 0 Å². The molecule has 0 saturated carbocycles. The molecule has 5 rings (SSSR count). The maximum Gasteiger partial charge on any atom is 0.410 e. The molecule has 1 fully saturated rings. The summed E-state index contributed by atoms with van der Waals surface area (Å²) in [4.78, 5) is 42.3. The first kappa shape index (κ1) is 22.8. The average Bonchev–Trinajstić information content (AvgIpc) is 3.43. The molecule has 1 aromatic carbocycles. The number of hydrogen-bond acceptors (Lipinski definition) is 7. The highest BCUT2D eigenvalue weighted by Crippen LogP contribution is 2.27.